The maximum absolute atomic E-state index is 14.4. The maximum Gasteiger partial charge on any atom is 0.251 e. The third-order valence-electron chi connectivity index (χ3n) is 14.3. The molecule has 326 valence electrons. The fourth-order valence-corrected chi connectivity index (χ4v) is 11.0. The molecule has 12 heteroatoms. The van der Waals surface area contributed by atoms with Gasteiger partial charge in [-0.25, -0.2) is 0 Å². The minimum Gasteiger partial charge on any atom is -0.496 e. The smallest absolute Gasteiger partial charge is 0.251 e. The molecule has 0 radical (unpaired) electrons. The number of ether oxygens (including phenoxy) is 1. The van der Waals surface area contributed by atoms with Gasteiger partial charge in [0.15, 0.2) is 0 Å². The lowest BCUT2D eigenvalue weighted by atomic mass is 9.45. The lowest BCUT2D eigenvalue weighted by Crippen LogP contribution is -2.62. The van der Waals surface area contributed by atoms with Crippen molar-refractivity contribution < 1.29 is 34.5 Å². The summed E-state index contributed by atoms with van der Waals surface area (Å²) in [7, 11) is 5.61. The van der Waals surface area contributed by atoms with Gasteiger partial charge in [0.1, 0.15) is 17.9 Å². The molecule has 0 aromatic heterocycles. The molecule has 0 spiro atoms. The first-order chi connectivity index (χ1) is 28.7. The Hall–Kier alpha value is -4.04. The minimum atomic E-state index is -0.919. The van der Waals surface area contributed by atoms with Crippen LogP contribution in [0.1, 0.15) is 74.9 Å². The lowest BCUT2D eigenvalue weighted by Gasteiger charge is -2.62. The predicted octanol–water partition coefficient (Wildman–Crippen LogP) is 4.89. The molecular weight excluding hydrogens is 759 g/mol. The summed E-state index contributed by atoms with van der Waals surface area (Å²) in [6.45, 7) is 9.78. The van der Waals surface area contributed by atoms with E-state index in [0.29, 0.717) is 42.0 Å². The van der Waals surface area contributed by atoms with Crippen molar-refractivity contribution in [3.8, 4) is 16.9 Å². The molecule has 2 bridgehead atoms. The quantitative estimate of drug-likeness (QED) is 0.135. The number of fused-ring (bicyclic) bond motifs is 2. The number of carbonyl (C=O) groups excluding carboxylic acids is 2. The molecule has 3 aromatic rings. The highest BCUT2D eigenvalue weighted by Crippen LogP contribution is 2.61. The second-order valence-corrected chi connectivity index (χ2v) is 18.8. The first-order valence-electron chi connectivity index (χ1n) is 21.9. The van der Waals surface area contributed by atoms with E-state index in [0.717, 1.165) is 53.7 Å². The number of aliphatic hydroxyl groups is 3. The number of nitrogens with zero attached hydrogens (tertiary/aromatic N) is 3. The van der Waals surface area contributed by atoms with Gasteiger partial charge in [0, 0.05) is 53.5 Å². The Morgan fingerprint density at radius 3 is 2.45 bits per heavy atom. The fourth-order valence-electron chi connectivity index (χ4n) is 11.0. The van der Waals surface area contributed by atoms with Crippen molar-refractivity contribution >= 4 is 17.5 Å². The van der Waals surface area contributed by atoms with Crippen LogP contribution < -0.4 is 20.3 Å². The number of hydrogen-bond donors (Lipinski definition) is 5. The number of hydroxylamine groups is 2. The van der Waals surface area contributed by atoms with E-state index in [1.54, 1.807) is 19.1 Å². The van der Waals surface area contributed by atoms with Gasteiger partial charge in [-0.15, -0.1) is 0 Å². The summed E-state index contributed by atoms with van der Waals surface area (Å²) in [5, 5.41) is 40.1. The predicted molar refractivity (Wildman–Crippen MR) is 233 cm³/mol. The second kappa shape index (κ2) is 18.5. The number of aliphatic hydroxyl groups excluding tert-OH is 3. The van der Waals surface area contributed by atoms with Gasteiger partial charge < -0.3 is 40.5 Å². The summed E-state index contributed by atoms with van der Waals surface area (Å²) in [5.41, 5.74) is 5.01. The van der Waals surface area contributed by atoms with Crippen molar-refractivity contribution in [2.75, 3.05) is 52.4 Å². The molecule has 2 heterocycles. The number of hydrogen-bond acceptors (Lipinski definition) is 10. The number of anilines is 1. The normalized spacial score (nSPS) is 28.3. The number of para-hydroxylation sites is 1. The van der Waals surface area contributed by atoms with E-state index in [-0.39, 0.29) is 55.1 Å². The lowest BCUT2D eigenvalue weighted by molar-refractivity contribution is -0.183. The van der Waals surface area contributed by atoms with Crippen LogP contribution >= 0.6 is 0 Å². The number of methoxy groups -OCH3 is 1. The zero-order valence-electron chi connectivity index (χ0n) is 36.5. The van der Waals surface area contributed by atoms with Gasteiger partial charge in [-0.3, -0.25) is 14.4 Å². The first kappa shape index (κ1) is 44.0. The van der Waals surface area contributed by atoms with Crippen molar-refractivity contribution in [3.05, 3.63) is 83.4 Å². The highest BCUT2D eigenvalue weighted by Gasteiger charge is 2.57. The molecule has 10 atom stereocenters. The highest BCUT2D eigenvalue weighted by molar-refractivity contribution is 5.97. The summed E-state index contributed by atoms with van der Waals surface area (Å²) in [6, 6.07) is 20.8. The van der Waals surface area contributed by atoms with Gasteiger partial charge in [0.25, 0.3) is 5.91 Å². The summed E-state index contributed by atoms with van der Waals surface area (Å²) in [6.07, 6.45) is 2.88. The second-order valence-electron chi connectivity index (χ2n) is 18.8. The van der Waals surface area contributed by atoms with Crippen LogP contribution in [0.3, 0.4) is 0 Å². The van der Waals surface area contributed by atoms with Crippen LogP contribution in [0.25, 0.3) is 11.1 Å². The molecule has 2 amide bonds. The Kier molecular flexibility index (Phi) is 13.6. The van der Waals surface area contributed by atoms with Gasteiger partial charge in [-0.2, -0.15) is 5.06 Å². The molecule has 60 heavy (non-hydrogen) atoms. The molecule has 8 rings (SSSR count). The molecule has 5 aliphatic rings. The third-order valence-corrected chi connectivity index (χ3v) is 14.3. The number of benzene rings is 3. The van der Waals surface area contributed by atoms with E-state index < -0.39 is 24.2 Å². The highest BCUT2D eigenvalue weighted by atomic mass is 16.7. The standard InChI is InChI=1S/C48H67N5O7/c1-29-40-23-35(48(40,3)4)24-41(29)50-47(58)44-43(30(2)56)42(28-55)60-53(44)25-32-15-11-17-39(45(32)59-7)33-20-34(22-38(21-33)52-18-12-16-37(52)27-54)46(57)49-36(26-51(5)6)19-31-13-9-8-10-14-31/h8-11,13-15,17,20-22,29-30,35-37,40-44,54-56H,12,16,18-19,23-28H2,1-7H3,(H,49,57)(H,50,58)/t29-,30-,35-,36-,37+,40?,41-,42-,43+,44-/m0/s1. The molecule has 2 saturated heterocycles. The number of carbonyl (C=O) groups is 2. The van der Waals surface area contributed by atoms with E-state index in [4.69, 9.17) is 9.57 Å². The van der Waals surface area contributed by atoms with Gasteiger partial charge in [0.05, 0.1) is 39.0 Å². The van der Waals surface area contributed by atoms with Crippen LogP contribution in [0.4, 0.5) is 5.69 Å². The first-order valence-corrected chi connectivity index (χ1v) is 21.9. The van der Waals surface area contributed by atoms with E-state index >= 15 is 0 Å². The Morgan fingerprint density at radius 2 is 1.80 bits per heavy atom. The number of amides is 2. The van der Waals surface area contributed by atoms with Crippen LogP contribution in [0.5, 0.6) is 5.75 Å². The maximum atomic E-state index is 14.4. The Balaban J connectivity index is 1.20. The Bertz CT molecular complexity index is 1960. The molecule has 5 N–H and O–H groups in total. The van der Waals surface area contributed by atoms with Gasteiger partial charge in [0.2, 0.25) is 5.91 Å². The average Bonchev–Trinajstić information content (AvgIpc) is 3.86. The molecule has 2 aliphatic heterocycles. The summed E-state index contributed by atoms with van der Waals surface area (Å²) in [5.74, 6) is 0.911. The zero-order valence-corrected chi connectivity index (χ0v) is 36.5. The monoisotopic (exact) mass is 826 g/mol. The van der Waals surface area contributed by atoms with Crippen LogP contribution in [0.15, 0.2) is 66.7 Å². The molecule has 3 saturated carbocycles. The minimum absolute atomic E-state index is 0.0121. The van der Waals surface area contributed by atoms with E-state index in [1.165, 1.54) is 6.42 Å². The van der Waals surface area contributed by atoms with E-state index in [9.17, 15) is 24.9 Å². The van der Waals surface area contributed by atoms with E-state index in [1.807, 2.05) is 62.6 Å². The van der Waals surface area contributed by atoms with Gasteiger partial charge in [-0.1, -0.05) is 69.3 Å². The van der Waals surface area contributed by atoms with Crippen molar-refractivity contribution in [1.82, 2.24) is 20.6 Å². The number of rotatable bonds is 16. The molecule has 3 aliphatic carbocycles. The van der Waals surface area contributed by atoms with Crippen LogP contribution in [0, 0.1) is 29.1 Å². The summed E-state index contributed by atoms with van der Waals surface area (Å²) in [4.78, 5) is 39.3. The fraction of sp³-hybridized carbons (Fsp3) is 0.583. The molecule has 3 aromatic carbocycles. The van der Waals surface area contributed by atoms with Crippen molar-refractivity contribution in [2.24, 2.45) is 29.1 Å². The largest absolute Gasteiger partial charge is 0.496 e. The van der Waals surface area contributed by atoms with Gasteiger partial charge >= 0.3 is 0 Å². The van der Waals surface area contributed by atoms with Crippen LogP contribution in [0.2, 0.25) is 0 Å². The van der Waals surface area contributed by atoms with Gasteiger partial charge in [-0.05, 0) is 106 Å². The summed E-state index contributed by atoms with van der Waals surface area (Å²) < 4.78 is 6.18. The number of likely N-dealkylation sites (N-methyl/N-ethyl adjacent to an activating group) is 1. The van der Waals surface area contributed by atoms with E-state index in [2.05, 4.69) is 59.4 Å². The molecule has 12 nitrogen and oxygen atoms in total. The topological polar surface area (TPSA) is 147 Å². The van der Waals surface area contributed by atoms with Crippen LogP contribution in [-0.2, 0) is 22.6 Å². The van der Waals surface area contributed by atoms with Crippen molar-refractivity contribution in [3.63, 3.8) is 0 Å². The third kappa shape index (κ3) is 8.96. The number of nitrogens with one attached hydrogen (secondary N) is 2. The average molecular weight is 826 g/mol. The zero-order chi connectivity index (χ0) is 42.9. The Morgan fingerprint density at radius 1 is 1.03 bits per heavy atom. The van der Waals surface area contributed by atoms with Crippen LogP contribution in [-0.4, -0.2) is 121 Å². The van der Waals surface area contributed by atoms with Crippen molar-refractivity contribution in [1.29, 1.82) is 0 Å². The van der Waals surface area contributed by atoms with Crippen molar-refractivity contribution in [2.45, 2.75) is 103 Å². The summed E-state index contributed by atoms with van der Waals surface area (Å²) >= 11 is 0. The molecule has 1 unspecified atom stereocenters. The molecular formula is C48H67N5O7. The Labute approximate surface area is 356 Å². The SMILES string of the molecule is COc1c(CN2O[C@@H](CO)[C@@H]([C@H](C)O)[C@H]2C(=O)N[C@H]2C[C@@H]3CC([C@@H]2C)C3(C)C)cccc1-c1cc(C(=O)N[C@@H](Cc2ccccc2)CN(C)C)cc(N2CCC[C@@H]2CO)c1. The molecule has 5 fully saturated rings.